The summed E-state index contributed by atoms with van der Waals surface area (Å²) in [7, 11) is 0. The normalized spacial score (nSPS) is 19.8. The number of hydrogen-bond acceptors (Lipinski definition) is 2. The van der Waals surface area contributed by atoms with Gasteiger partial charge in [-0.3, -0.25) is 0 Å². The first-order chi connectivity index (χ1) is 9.70. The van der Waals surface area contributed by atoms with E-state index in [2.05, 4.69) is 38.1 Å². The fourth-order valence-electron chi connectivity index (χ4n) is 2.99. The molecule has 0 saturated heterocycles. The van der Waals surface area contributed by atoms with Crippen LogP contribution in [0.4, 0.5) is 0 Å². The topological polar surface area (TPSA) is 35.2 Å². The number of nitrogens with two attached hydrogens (primary N) is 1. The molecule has 112 valence electrons. The molecule has 0 amide bonds. The van der Waals surface area contributed by atoms with Gasteiger partial charge in [0, 0.05) is 6.61 Å². The lowest BCUT2D eigenvalue weighted by molar-refractivity contribution is 0.0169. The summed E-state index contributed by atoms with van der Waals surface area (Å²) in [6.45, 7) is 5.15. The zero-order valence-electron chi connectivity index (χ0n) is 13.0. The van der Waals surface area contributed by atoms with Crippen molar-refractivity contribution < 1.29 is 4.74 Å². The molecule has 0 spiro atoms. The molecule has 0 bridgehead atoms. The lowest BCUT2D eigenvalue weighted by Gasteiger charge is -2.26. The first-order valence-corrected chi connectivity index (χ1v) is 8.16. The van der Waals surface area contributed by atoms with Crippen molar-refractivity contribution in [1.82, 2.24) is 0 Å². The van der Waals surface area contributed by atoms with E-state index < -0.39 is 0 Å². The predicted octanol–water partition coefficient (Wildman–Crippen LogP) is 4.23. The van der Waals surface area contributed by atoms with E-state index in [9.17, 15) is 0 Å². The number of hydrogen-bond donors (Lipinski definition) is 1. The third kappa shape index (κ3) is 4.32. The van der Waals surface area contributed by atoms with Crippen LogP contribution >= 0.6 is 0 Å². The van der Waals surface area contributed by atoms with E-state index in [1.165, 1.54) is 43.2 Å². The lowest BCUT2D eigenvalue weighted by atomic mass is 9.90. The van der Waals surface area contributed by atoms with Gasteiger partial charge in [-0.15, -0.1) is 0 Å². The van der Waals surface area contributed by atoms with Gasteiger partial charge in [-0.05, 0) is 43.2 Å². The summed E-state index contributed by atoms with van der Waals surface area (Å²) in [5.41, 5.74) is 8.86. The van der Waals surface area contributed by atoms with Gasteiger partial charge in [-0.25, -0.2) is 0 Å². The molecule has 0 aliphatic heterocycles. The molecular formula is C18H29NO. The number of ether oxygens (including phenoxy) is 1. The van der Waals surface area contributed by atoms with Gasteiger partial charge >= 0.3 is 0 Å². The minimum atomic E-state index is -0.0236. The first kappa shape index (κ1) is 15.5. The Balaban J connectivity index is 1.82. The number of aryl methyl sites for hydroxylation is 1. The second kappa shape index (κ2) is 7.80. The predicted molar refractivity (Wildman–Crippen MR) is 84.7 cm³/mol. The summed E-state index contributed by atoms with van der Waals surface area (Å²) < 4.78 is 6.03. The van der Waals surface area contributed by atoms with Gasteiger partial charge in [-0.2, -0.15) is 0 Å². The molecule has 2 nitrogen and oxygen atoms in total. The van der Waals surface area contributed by atoms with Crippen molar-refractivity contribution in [3.8, 4) is 0 Å². The zero-order chi connectivity index (χ0) is 14.4. The van der Waals surface area contributed by atoms with Crippen LogP contribution < -0.4 is 5.73 Å². The average Bonchev–Trinajstić information content (AvgIpc) is 2.53. The van der Waals surface area contributed by atoms with Crippen molar-refractivity contribution >= 4 is 0 Å². The Morgan fingerprint density at radius 1 is 1.15 bits per heavy atom. The SMILES string of the molecule is CCc1ccc(C(N)C(C)OCC2CCCCC2)cc1. The fourth-order valence-corrected chi connectivity index (χ4v) is 2.99. The fraction of sp³-hybridized carbons (Fsp3) is 0.667. The van der Waals surface area contributed by atoms with Gasteiger partial charge < -0.3 is 10.5 Å². The molecule has 0 radical (unpaired) electrons. The molecule has 2 unspecified atom stereocenters. The van der Waals surface area contributed by atoms with E-state index in [1.807, 2.05) is 0 Å². The zero-order valence-corrected chi connectivity index (χ0v) is 13.0. The summed E-state index contributed by atoms with van der Waals surface area (Å²) in [5.74, 6) is 0.751. The van der Waals surface area contributed by atoms with Gasteiger partial charge in [0.15, 0.2) is 0 Å². The Bertz CT molecular complexity index is 381. The Labute approximate surface area is 123 Å². The summed E-state index contributed by atoms with van der Waals surface area (Å²) in [4.78, 5) is 0. The number of rotatable bonds is 6. The maximum absolute atomic E-state index is 6.32. The molecule has 1 saturated carbocycles. The Hall–Kier alpha value is -0.860. The summed E-state index contributed by atoms with van der Waals surface area (Å²) >= 11 is 0. The molecule has 0 heterocycles. The van der Waals surface area contributed by atoms with Crippen molar-refractivity contribution in [2.24, 2.45) is 11.7 Å². The van der Waals surface area contributed by atoms with Gasteiger partial charge in [0.1, 0.15) is 0 Å². The highest BCUT2D eigenvalue weighted by molar-refractivity contribution is 5.25. The van der Waals surface area contributed by atoms with E-state index in [1.54, 1.807) is 0 Å². The molecule has 1 aromatic rings. The van der Waals surface area contributed by atoms with Crippen molar-refractivity contribution in [2.75, 3.05) is 6.61 Å². The molecule has 2 rings (SSSR count). The molecule has 20 heavy (non-hydrogen) atoms. The minimum Gasteiger partial charge on any atom is -0.376 e. The summed E-state index contributed by atoms with van der Waals surface area (Å²) in [6.07, 6.45) is 7.95. The second-order valence-corrected chi connectivity index (χ2v) is 6.16. The highest BCUT2D eigenvalue weighted by atomic mass is 16.5. The van der Waals surface area contributed by atoms with Crippen molar-refractivity contribution in [3.05, 3.63) is 35.4 Å². The van der Waals surface area contributed by atoms with Gasteiger partial charge in [0.05, 0.1) is 12.1 Å². The van der Waals surface area contributed by atoms with Gasteiger partial charge in [0.2, 0.25) is 0 Å². The maximum Gasteiger partial charge on any atom is 0.0739 e. The van der Waals surface area contributed by atoms with Crippen LogP contribution in [0.1, 0.15) is 63.1 Å². The van der Waals surface area contributed by atoms with Crippen LogP contribution in [0.2, 0.25) is 0 Å². The van der Waals surface area contributed by atoms with Crippen LogP contribution in [-0.4, -0.2) is 12.7 Å². The first-order valence-electron chi connectivity index (χ1n) is 8.16. The van der Waals surface area contributed by atoms with E-state index in [0.717, 1.165) is 18.9 Å². The van der Waals surface area contributed by atoms with Crippen molar-refractivity contribution in [2.45, 2.75) is 64.5 Å². The van der Waals surface area contributed by atoms with Crippen LogP contribution in [0.15, 0.2) is 24.3 Å². The van der Waals surface area contributed by atoms with Crippen molar-refractivity contribution in [1.29, 1.82) is 0 Å². The quantitative estimate of drug-likeness (QED) is 0.843. The third-order valence-electron chi connectivity index (χ3n) is 4.60. The van der Waals surface area contributed by atoms with E-state index in [4.69, 9.17) is 10.5 Å². The largest absolute Gasteiger partial charge is 0.376 e. The summed E-state index contributed by atoms with van der Waals surface area (Å²) in [5, 5.41) is 0. The smallest absolute Gasteiger partial charge is 0.0739 e. The maximum atomic E-state index is 6.32. The molecule has 2 atom stereocenters. The monoisotopic (exact) mass is 275 g/mol. The van der Waals surface area contributed by atoms with Crippen LogP contribution in [0.25, 0.3) is 0 Å². The molecule has 2 N–H and O–H groups in total. The Morgan fingerprint density at radius 3 is 2.40 bits per heavy atom. The summed E-state index contributed by atoms with van der Waals surface area (Å²) in [6, 6.07) is 8.60. The van der Waals surface area contributed by atoms with Gasteiger partial charge in [0.25, 0.3) is 0 Å². The van der Waals surface area contributed by atoms with E-state index in [-0.39, 0.29) is 12.1 Å². The van der Waals surface area contributed by atoms with Crippen LogP contribution in [-0.2, 0) is 11.2 Å². The van der Waals surface area contributed by atoms with Crippen molar-refractivity contribution in [3.63, 3.8) is 0 Å². The van der Waals surface area contributed by atoms with Crippen LogP contribution in [0.5, 0.6) is 0 Å². The molecule has 2 heteroatoms. The molecule has 1 aliphatic rings. The van der Waals surface area contributed by atoms with Crippen LogP contribution in [0, 0.1) is 5.92 Å². The highest BCUT2D eigenvalue weighted by Gasteiger charge is 2.19. The number of benzene rings is 1. The van der Waals surface area contributed by atoms with E-state index >= 15 is 0 Å². The third-order valence-corrected chi connectivity index (χ3v) is 4.60. The molecule has 1 aromatic carbocycles. The molecule has 0 aromatic heterocycles. The molecular weight excluding hydrogens is 246 g/mol. The standard InChI is InChI=1S/C18H29NO/c1-3-15-9-11-17(12-10-15)18(19)14(2)20-13-16-7-5-4-6-8-16/h9-12,14,16,18H,3-8,13,19H2,1-2H3. The average molecular weight is 275 g/mol. The Morgan fingerprint density at radius 2 is 1.80 bits per heavy atom. The second-order valence-electron chi connectivity index (χ2n) is 6.16. The minimum absolute atomic E-state index is 0.0236. The van der Waals surface area contributed by atoms with Gasteiger partial charge in [-0.1, -0.05) is 50.5 Å². The lowest BCUT2D eigenvalue weighted by Crippen LogP contribution is -2.28. The Kier molecular flexibility index (Phi) is 6.06. The van der Waals surface area contributed by atoms with Crippen LogP contribution in [0.3, 0.4) is 0 Å². The molecule has 1 aliphatic carbocycles. The van der Waals surface area contributed by atoms with E-state index in [0.29, 0.717) is 0 Å². The molecule has 1 fully saturated rings. The highest BCUT2D eigenvalue weighted by Crippen LogP contribution is 2.25.